The smallest absolute Gasteiger partial charge is 0.307 e. The number of benzene rings is 1. The van der Waals surface area contributed by atoms with E-state index in [1.807, 2.05) is 6.92 Å². The zero-order valence-electron chi connectivity index (χ0n) is 13.5. The normalized spacial score (nSPS) is 28.3. The van der Waals surface area contributed by atoms with Crippen molar-refractivity contribution in [2.24, 2.45) is 11.8 Å². The van der Waals surface area contributed by atoms with Gasteiger partial charge in [0.05, 0.1) is 13.0 Å². The maximum absolute atomic E-state index is 12.0. The number of rotatable bonds is 5. The lowest BCUT2D eigenvalue weighted by molar-refractivity contribution is -0.144. The zero-order chi connectivity index (χ0) is 15.4. The number of ether oxygens (including phenoxy) is 1. The fourth-order valence-electron chi connectivity index (χ4n) is 4.35. The minimum atomic E-state index is -0.0308. The van der Waals surface area contributed by atoms with E-state index in [2.05, 4.69) is 35.2 Å². The number of carbonyl (C=O) groups is 1. The first-order valence-electron chi connectivity index (χ1n) is 8.71. The van der Waals surface area contributed by atoms with Crippen LogP contribution in [0.1, 0.15) is 44.6 Å². The molecule has 2 fully saturated rings. The van der Waals surface area contributed by atoms with Crippen LogP contribution in [0.4, 0.5) is 0 Å². The number of likely N-dealkylation sites (tertiary alicyclic amines) is 1. The average Bonchev–Trinajstić information content (AvgIpc) is 2.86. The van der Waals surface area contributed by atoms with Gasteiger partial charge in [-0.15, -0.1) is 0 Å². The van der Waals surface area contributed by atoms with E-state index in [1.165, 1.54) is 31.2 Å². The quantitative estimate of drug-likeness (QED) is 0.778. The van der Waals surface area contributed by atoms with Crippen molar-refractivity contribution in [3.63, 3.8) is 0 Å². The Kier molecular flexibility index (Phi) is 5.14. The molecule has 22 heavy (non-hydrogen) atoms. The monoisotopic (exact) mass is 301 g/mol. The van der Waals surface area contributed by atoms with Crippen molar-refractivity contribution in [3.05, 3.63) is 35.9 Å². The molecule has 1 aromatic carbocycles. The number of esters is 1. The largest absolute Gasteiger partial charge is 0.466 e. The van der Waals surface area contributed by atoms with E-state index in [4.69, 9.17) is 4.74 Å². The first kappa shape index (κ1) is 15.5. The highest BCUT2D eigenvalue weighted by Gasteiger charge is 2.43. The van der Waals surface area contributed by atoms with Crippen molar-refractivity contribution >= 4 is 5.97 Å². The number of carbonyl (C=O) groups excluding carboxylic acids is 1. The van der Waals surface area contributed by atoms with E-state index in [-0.39, 0.29) is 5.97 Å². The molecule has 3 nitrogen and oxygen atoms in total. The predicted octanol–water partition coefficient (Wildman–Crippen LogP) is 3.63. The highest BCUT2D eigenvalue weighted by Crippen LogP contribution is 2.42. The van der Waals surface area contributed by atoms with Crippen LogP contribution in [0, 0.1) is 11.8 Å². The molecule has 0 aromatic heterocycles. The van der Waals surface area contributed by atoms with Crippen LogP contribution < -0.4 is 0 Å². The predicted molar refractivity (Wildman–Crippen MR) is 87.3 cm³/mol. The summed E-state index contributed by atoms with van der Waals surface area (Å²) in [5.74, 6) is 1.43. The summed E-state index contributed by atoms with van der Waals surface area (Å²) in [6.07, 6.45) is 5.84. The molecule has 3 atom stereocenters. The first-order valence-corrected chi connectivity index (χ1v) is 8.71. The van der Waals surface area contributed by atoms with Crippen molar-refractivity contribution in [3.8, 4) is 0 Å². The van der Waals surface area contributed by atoms with Gasteiger partial charge in [-0.3, -0.25) is 9.69 Å². The highest BCUT2D eigenvalue weighted by atomic mass is 16.5. The van der Waals surface area contributed by atoms with E-state index in [0.29, 0.717) is 25.0 Å². The van der Waals surface area contributed by atoms with E-state index >= 15 is 0 Å². The Labute approximate surface area is 133 Å². The van der Waals surface area contributed by atoms with Gasteiger partial charge in [0.1, 0.15) is 0 Å². The lowest BCUT2D eigenvalue weighted by atomic mass is 9.78. The molecule has 1 aliphatic carbocycles. The van der Waals surface area contributed by atoms with Crippen LogP contribution in [0.5, 0.6) is 0 Å². The van der Waals surface area contributed by atoms with Gasteiger partial charge < -0.3 is 4.74 Å². The lowest BCUT2D eigenvalue weighted by Crippen LogP contribution is -2.35. The summed E-state index contributed by atoms with van der Waals surface area (Å²) in [6, 6.07) is 11.0. The standard InChI is InChI=1S/C19H27NO2/c1-2-22-19(21)12-18-17-11-7-6-10-16(17)14-20(18)13-15-8-4-3-5-9-15/h3-5,8-9,16-18H,2,6-7,10-14H2,1H3/t16-,17-,18-/m1/s1. The molecule has 0 amide bonds. The number of nitrogens with zero attached hydrogens (tertiary/aromatic N) is 1. The summed E-state index contributed by atoms with van der Waals surface area (Å²) in [4.78, 5) is 14.6. The van der Waals surface area contributed by atoms with Gasteiger partial charge in [-0.05, 0) is 37.2 Å². The van der Waals surface area contributed by atoms with E-state index in [9.17, 15) is 4.79 Å². The molecule has 1 heterocycles. The van der Waals surface area contributed by atoms with Crippen LogP contribution in [0.15, 0.2) is 30.3 Å². The molecule has 0 N–H and O–H groups in total. The molecule has 0 spiro atoms. The van der Waals surface area contributed by atoms with Crippen LogP contribution in [0.3, 0.4) is 0 Å². The molecular weight excluding hydrogens is 274 g/mol. The third-order valence-corrected chi connectivity index (χ3v) is 5.31. The van der Waals surface area contributed by atoms with Crippen LogP contribution in [-0.4, -0.2) is 30.1 Å². The van der Waals surface area contributed by atoms with Gasteiger partial charge in [0.2, 0.25) is 0 Å². The Morgan fingerprint density at radius 1 is 1.23 bits per heavy atom. The Morgan fingerprint density at radius 2 is 2.00 bits per heavy atom. The number of hydrogen-bond donors (Lipinski definition) is 0. The second-order valence-corrected chi connectivity index (χ2v) is 6.70. The van der Waals surface area contributed by atoms with Gasteiger partial charge in [-0.25, -0.2) is 0 Å². The summed E-state index contributed by atoms with van der Waals surface area (Å²) in [6.45, 7) is 4.47. The van der Waals surface area contributed by atoms with Crippen LogP contribution in [0.2, 0.25) is 0 Å². The second-order valence-electron chi connectivity index (χ2n) is 6.70. The molecule has 3 heteroatoms. The fourth-order valence-corrected chi connectivity index (χ4v) is 4.35. The number of hydrogen-bond acceptors (Lipinski definition) is 3. The third kappa shape index (κ3) is 3.52. The van der Waals surface area contributed by atoms with Crippen molar-refractivity contribution in [1.82, 2.24) is 4.90 Å². The lowest BCUT2D eigenvalue weighted by Gasteiger charge is -2.30. The van der Waals surface area contributed by atoms with E-state index in [0.717, 1.165) is 19.0 Å². The summed E-state index contributed by atoms with van der Waals surface area (Å²) < 4.78 is 5.22. The second kappa shape index (κ2) is 7.28. The summed E-state index contributed by atoms with van der Waals surface area (Å²) in [5, 5.41) is 0. The minimum Gasteiger partial charge on any atom is -0.466 e. The molecule has 1 aliphatic heterocycles. The number of fused-ring (bicyclic) bond motifs is 1. The van der Waals surface area contributed by atoms with Gasteiger partial charge in [0.15, 0.2) is 0 Å². The van der Waals surface area contributed by atoms with Gasteiger partial charge in [0, 0.05) is 19.1 Å². The topological polar surface area (TPSA) is 29.5 Å². The SMILES string of the molecule is CCOC(=O)C[C@@H]1[C@@H]2CCCC[C@@H]2CN1Cc1ccccc1. The van der Waals surface area contributed by atoms with Crippen molar-refractivity contribution in [2.75, 3.05) is 13.2 Å². The maximum Gasteiger partial charge on any atom is 0.307 e. The molecular formula is C19H27NO2. The maximum atomic E-state index is 12.0. The van der Waals surface area contributed by atoms with E-state index < -0.39 is 0 Å². The molecule has 1 aromatic rings. The molecule has 120 valence electrons. The first-order chi connectivity index (χ1) is 10.8. The molecule has 1 saturated carbocycles. The third-order valence-electron chi connectivity index (χ3n) is 5.31. The van der Waals surface area contributed by atoms with Gasteiger partial charge in [-0.1, -0.05) is 43.2 Å². The Balaban J connectivity index is 1.72. The molecule has 2 aliphatic rings. The van der Waals surface area contributed by atoms with Crippen LogP contribution >= 0.6 is 0 Å². The molecule has 1 saturated heterocycles. The average molecular weight is 301 g/mol. The van der Waals surface area contributed by atoms with Gasteiger partial charge in [-0.2, -0.15) is 0 Å². The van der Waals surface area contributed by atoms with E-state index in [1.54, 1.807) is 0 Å². The highest BCUT2D eigenvalue weighted by molar-refractivity contribution is 5.70. The Bertz CT molecular complexity index is 487. The summed E-state index contributed by atoms with van der Waals surface area (Å²) in [5.41, 5.74) is 1.34. The van der Waals surface area contributed by atoms with Crippen LogP contribution in [-0.2, 0) is 16.1 Å². The molecule has 0 bridgehead atoms. The Morgan fingerprint density at radius 3 is 2.77 bits per heavy atom. The van der Waals surface area contributed by atoms with Gasteiger partial charge >= 0.3 is 5.97 Å². The zero-order valence-corrected chi connectivity index (χ0v) is 13.5. The van der Waals surface area contributed by atoms with Crippen molar-refractivity contribution in [1.29, 1.82) is 0 Å². The molecule has 0 unspecified atom stereocenters. The van der Waals surface area contributed by atoms with Crippen molar-refractivity contribution < 1.29 is 9.53 Å². The fraction of sp³-hybridized carbons (Fsp3) is 0.632. The minimum absolute atomic E-state index is 0.0308. The summed E-state index contributed by atoms with van der Waals surface area (Å²) in [7, 11) is 0. The summed E-state index contributed by atoms with van der Waals surface area (Å²) >= 11 is 0. The van der Waals surface area contributed by atoms with Gasteiger partial charge in [0.25, 0.3) is 0 Å². The Hall–Kier alpha value is -1.35. The molecule has 3 rings (SSSR count). The van der Waals surface area contributed by atoms with Crippen molar-refractivity contribution in [2.45, 2.75) is 51.6 Å². The molecule has 0 radical (unpaired) electrons. The van der Waals surface area contributed by atoms with Crippen LogP contribution in [0.25, 0.3) is 0 Å².